The average molecular weight is 484 g/mol. The van der Waals surface area contributed by atoms with Gasteiger partial charge in [0, 0.05) is 32.4 Å². The molecule has 0 radical (unpaired) electrons. The van der Waals surface area contributed by atoms with Gasteiger partial charge in [-0.15, -0.1) is 0 Å². The molecule has 1 aromatic heterocycles. The Kier molecular flexibility index (Phi) is 8.46. The maximum atomic E-state index is 13.1. The first-order chi connectivity index (χ1) is 16.3. The van der Waals surface area contributed by atoms with Crippen molar-refractivity contribution in [1.29, 1.82) is 0 Å². The maximum absolute atomic E-state index is 13.1. The number of aromatic nitrogens is 2. The monoisotopic (exact) mass is 483 g/mol. The molecule has 1 amide bonds. The van der Waals surface area contributed by atoms with Gasteiger partial charge in [0.25, 0.3) is 0 Å². The predicted molar refractivity (Wildman–Crippen MR) is 136 cm³/mol. The summed E-state index contributed by atoms with van der Waals surface area (Å²) in [6.45, 7) is 9.87. The molecule has 9 heteroatoms. The highest BCUT2D eigenvalue weighted by atomic mass is 32.2. The molecule has 1 heterocycles. The Morgan fingerprint density at radius 1 is 0.971 bits per heavy atom. The molecule has 2 aromatic carbocycles. The van der Waals surface area contributed by atoms with Crippen molar-refractivity contribution in [1.82, 2.24) is 14.1 Å². The molecule has 3 rings (SSSR count). The fraction of sp³-hybridized carbons (Fsp3) is 0.360. The summed E-state index contributed by atoms with van der Waals surface area (Å²) >= 11 is 0. The third-order valence-corrected chi connectivity index (χ3v) is 7.76. The van der Waals surface area contributed by atoms with E-state index in [9.17, 15) is 13.2 Å². The van der Waals surface area contributed by atoms with Gasteiger partial charge >= 0.3 is 0 Å². The third kappa shape index (κ3) is 5.66. The largest absolute Gasteiger partial charge is 0.370 e. The molecule has 0 saturated carbocycles. The number of nitrogens with one attached hydrogen (secondary N) is 1. The van der Waals surface area contributed by atoms with Crippen LogP contribution >= 0.6 is 0 Å². The fourth-order valence-corrected chi connectivity index (χ4v) is 5.37. The number of anilines is 2. The zero-order valence-electron chi connectivity index (χ0n) is 20.2. The minimum Gasteiger partial charge on any atom is -0.370 e. The van der Waals surface area contributed by atoms with Crippen LogP contribution in [0, 0.1) is 0 Å². The molecule has 3 aromatic rings. The first-order valence-corrected chi connectivity index (χ1v) is 13.1. The van der Waals surface area contributed by atoms with E-state index in [1.165, 1.54) is 4.31 Å². The second-order valence-corrected chi connectivity index (χ2v) is 9.73. The number of para-hydroxylation sites is 1. The number of carbonyl (C=O) groups excluding carboxylic acids is 1. The van der Waals surface area contributed by atoms with Crippen molar-refractivity contribution in [2.75, 3.05) is 36.4 Å². The second-order valence-electron chi connectivity index (χ2n) is 7.79. The number of benzene rings is 2. The molecule has 0 unspecified atom stereocenters. The number of rotatable bonds is 11. The Bertz CT molecular complexity index is 1200. The second kappa shape index (κ2) is 11.3. The van der Waals surface area contributed by atoms with Crippen molar-refractivity contribution in [3.63, 3.8) is 0 Å². The Morgan fingerprint density at radius 2 is 1.65 bits per heavy atom. The molecular formula is C25H33N5O3S. The summed E-state index contributed by atoms with van der Waals surface area (Å²) in [5.41, 5.74) is 2.94. The lowest BCUT2D eigenvalue weighted by molar-refractivity contribution is -0.115. The number of carbonyl (C=O) groups is 1. The molecule has 0 aliphatic heterocycles. The van der Waals surface area contributed by atoms with E-state index >= 15 is 0 Å². The van der Waals surface area contributed by atoms with E-state index in [4.69, 9.17) is 0 Å². The molecule has 182 valence electrons. The van der Waals surface area contributed by atoms with Crippen molar-refractivity contribution in [2.45, 2.75) is 39.0 Å². The molecular weight excluding hydrogens is 450 g/mol. The van der Waals surface area contributed by atoms with Crippen molar-refractivity contribution in [2.24, 2.45) is 0 Å². The van der Waals surface area contributed by atoms with E-state index in [0.717, 1.165) is 30.0 Å². The highest BCUT2D eigenvalue weighted by molar-refractivity contribution is 7.89. The summed E-state index contributed by atoms with van der Waals surface area (Å²) in [6.07, 6.45) is 3.61. The van der Waals surface area contributed by atoms with Crippen LogP contribution in [0.15, 0.2) is 65.8 Å². The molecule has 0 atom stereocenters. The zero-order valence-corrected chi connectivity index (χ0v) is 21.0. The lowest BCUT2D eigenvalue weighted by Crippen LogP contribution is -2.31. The van der Waals surface area contributed by atoms with Gasteiger partial charge in [-0.05, 0) is 49.7 Å². The zero-order chi connectivity index (χ0) is 24.7. The molecule has 0 spiro atoms. The van der Waals surface area contributed by atoms with Crippen molar-refractivity contribution in [3.8, 4) is 5.69 Å². The lowest BCUT2D eigenvalue weighted by atomic mass is 10.2. The van der Waals surface area contributed by atoms with E-state index in [-0.39, 0.29) is 17.2 Å². The molecule has 8 nitrogen and oxygen atoms in total. The molecule has 0 bridgehead atoms. The maximum Gasteiger partial charge on any atom is 0.243 e. The number of nitrogens with zero attached hydrogens (tertiary/aromatic N) is 4. The van der Waals surface area contributed by atoms with Crippen LogP contribution in [0.5, 0.6) is 0 Å². The minimum absolute atomic E-state index is 0.123. The van der Waals surface area contributed by atoms with Gasteiger partial charge in [0.05, 0.1) is 34.6 Å². The van der Waals surface area contributed by atoms with Crippen LogP contribution in [-0.4, -0.2) is 54.6 Å². The Hall–Kier alpha value is -3.17. The lowest BCUT2D eigenvalue weighted by Gasteiger charge is -2.26. The molecule has 0 aliphatic rings. The van der Waals surface area contributed by atoms with Gasteiger partial charge in [-0.2, -0.15) is 9.40 Å². The van der Waals surface area contributed by atoms with Crippen LogP contribution in [0.4, 0.5) is 11.4 Å². The van der Waals surface area contributed by atoms with Gasteiger partial charge in [0.1, 0.15) is 0 Å². The number of amides is 1. The standard InChI is InChI=1S/C25H33N5O3S/c1-5-28(6-2)24-15-14-22(34(32,33)29(7-3)8-4)17-23(24)27-25(31)16-20-18-26-30(19-20)21-12-10-9-11-13-21/h9-15,17-19H,5-8,16H2,1-4H3,(H,27,31). The van der Waals surface area contributed by atoms with Crippen molar-refractivity contribution < 1.29 is 13.2 Å². The normalized spacial score (nSPS) is 11.6. The number of sulfonamides is 1. The fourth-order valence-electron chi connectivity index (χ4n) is 3.88. The van der Waals surface area contributed by atoms with E-state index in [1.807, 2.05) is 64.2 Å². The van der Waals surface area contributed by atoms with Crippen molar-refractivity contribution in [3.05, 3.63) is 66.5 Å². The topological polar surface area (TPSA) is 87.5 Å². The van der Waals surface area contributed by atoms with Gasteiger partial charge < -0.3 is 10.2 Å². The third-order valence-electron chi connectivity index (χ3n) is 5.71. The Balaban J connectivity index is 1.87. The summed E-state index contributed by atoms with van der Waals surface area (Å²) in [5, 5.41) is 7.29. The highest BCUT2D eigenvalue weighted by Crippen LogP contribution is 2.30. The summed E-state index contributed by atoms with van der Waals surface area (Å²) in [6, 6.07) is 14.6. The summed E-state index contributed by atoms with van der Waals surface area (Å²) in [4.78, 5) is 15.2. The van der Waals surface area contributed by atoms with Crippen LogP contribution in [0.3, 0.4) is 0 Å². The summed E-state index contributed by atoms with van der Waals surface area (Å²) in [5.74, 6) is -0.238. The van der Waals surface area contributed by atoms with Gasteiger partial charge in [-0.3, -0.25) is 4.79 Å². The first kappa shape index (κ1) is 25.5. The van der Waals surface area contributed by atoms with Crippen LogP contribution in [0.1, 0.15) is 33.3 Å². The Morgan fingerprint density at radius 3 is 2.26 bits per heavy atom. The number of hydrogen-bond acceptors (Lipinski definition) is 5. The average Bonchev–Trinajstić information content (AvgIpc) is 3.30. The molecule has 34 heavy (non-hydrogen) atoms. The smallest absolute Gasteiger partial charge is 0.243 e. The first-order valence-electron chi connectivity index (χ1n) is 11.6. The van der Waals surface area contributed by atoms with Gasteiger partial charge in [0.2, 0.25) is 15.9 Å². The molecule has 0 saturated heterocycles. The van der Waals surface area contributed by atoms with Crippen LogP contribution < -0.4 is 10.2 Å². The van der Waals surface area contributed by atoms with Crippen LogP contribution in [-0.2, 0) is 21.2 Å². The predicted octanol–water partition coefficient (Wildman–Crippen LogP) is 3.93. The van der Waals surface area contributed by atoms with Gasteiger partial charge in [-0.1, -0.05) is 32.0 Å². The quantitative estimate of drug-likeness (QED) is 0.447. The summed E-state index contributed by atoms with van der Waals surface area (Å²) in [7, 11) is -3.65. The van der Waals surface area contributed by atoms with E-state index in [0.29, 0.717) is 18.8 Å². The SMILES string of the molecule is CCN(CC)c1ccc(S(=O)(=O)N(CC)CC)cc1NC(=O)Cc1cnn(-c2ccccc2)c1. The van der Waals surface area contributed by atoms with Crippen molar-refractivity contribution >= 4 is 27.3 Å². The summed E-state index contributed by atoms with van der Waals surface area (Å²) < 4.78 is 29.3. The van der Waals surface area contributed by atoms with Gasteiger partial charge in [0.15, 0.2) is 0 Å². The van der Waals surface area contributed by atoms with Gasteiger partial charge in [-0.25, -0.2) is 13.1 Å². The Labute approximate surface area is 202 Å². The molecule has 1 N–H and O–H groups in total. The van der Waals surface area contributed by atoms with E-state index in [1.54, 1.807) is 29.1 Å². The highest BCUT2D eigenvalue weighted by Gasteiger charge is 2.24. The molecule has 0 fully saturated rings. The van der Waals surface area contributed by atoms with E-state index < -0.39 is 10.0 Å². The van der Waals surface area contributed by atoms with E-state index in [2.05, 4.69) is 15.3 Å². The number of hydrogen-bond donors (Lipinski definition) is 1. The molecule has 0 aliphatic carbocycles. The minimum atomic E-state index is -3.65. The van der Waals surface area contributed by atoms with Crippen LogP contribution in [0.25, 0.3) is 5.69 Å². The van der Waals surface area contributed by atoms with Crippen LogP contribution in [0.2, 0.25) is 0 Å².